The van der Waals surface area contributed by atoms with Crippen molar-refractivity contribution in [3.05, 3.63) is 27.9 Å². The maximum atomic E-state index is 10.9. The van der Waals surface area contributed by atoms with Gasteiger partial charge in [-0.25, -0.2) is 4.98 Å². The Hall–Kier alpha value is -0.950. The van der Waals surface area contributed by atoms with E-state index < -0.39 is 5.97 Å². The molecule has 21 heavy (non-hydrogen) atoms. The molecular weight excluding hydrogens is 328 g/mol. The molecule has 3 rings (SSSR count). The van der Waals surface area contributed by atoms with Crippen molar-refractivity contribution in [2.45, 2.75) is 19.4 Å². The van der Waals surface area contributed by atoms with Crippen molar-refractivity contribution < 1.29 is 9.90 Å². The maximum absolute atomic E-state index is 10.9. The zero-order chi connectivity index (χ0) is 13.9. The molecule has 0 unspecified atom stereocenters. The molecule has 0 saturated carbocycles. The summed E-state index contributed by atoms with van der Waals surface area (Å²) in [5.41, 5.74) is 2.28. The molecule has 0 aromatic carbocycles. The molecule has 1 N–H and O–H groups in total. The Morgan fingerprint density at radius 3 is 2.76 bits per heavy atom. The predicted molar refractivity (Wildman–Crippen MR) is 88.3 cm³/mol. The van der Waals surface area contributed by atoms with Gasteiger partial charge in [0.15, 0.2) is 0 Å². The molecule has 3 heterocycles. The first-order valence-electron chi connectivity index (χ1n) is 6.64. The van der Waals surface area contributed by atoms with Crippen molar-refractivity contribution in [2.24, 2.45) is 5.92 Å². The average Bonchev–Trinajstić information content (AvgIpc) is 3.09. The molecule has 1 aliphatic rings. The quantitative estimate of drug-likeness (QED) is 0.920. The van der Waals surface area contributed by atoms with Crippen LogP contribution in [0.5, 0.6) is 0 Å². The van der Waals surface area contributed by atoms with Crippen molar-refractivity contribution in [2.75, 3.05) is 13.1 Å². The van der Waals surface area contributed by atoms with E-state index >= 15 is 0 Å². The Labute approximate surface area is 137 Å². The third-order valence-electron chi connectivity index (χ3n) is 3.64. The number of aliphatic carboxylic acids is 1. The number of hydrogen-bond donors (Lipinski definition) is 1. The van der Waals surface area contributed by atoms with Crippen LogP contribution in [0.3, 0.4) is 0 Å². The van der Waals surface area contributed by atoms with Gasteiger partial charge in [0.05, 0.1) is 11.6 Å². The SMILES string of the molecule is Cl.O=C(O)C1CCN(Cc2csc(-c3ccsc3)n2)CC1. The van der Waals surface area contributed by atoms with Gasteiger partial charge >= 0.3 is 5.97 Å². The van der Waals surface area contributed by atoms with Crippen LogP contribution in [0.15, 0.2) is 22.2 Å². The average molecular weight is 345 g/mol. The molecule has 1 saturated heterocycles. The highest BCUT2D eigenvalue weighted by atomic mass is 35.5. The molecule has 0 aliphatic carbocycles. The van der Waals surface area contributed by atoms with E-state index in [9.17, 15) is 4.79 Å². The van der Waals surface area contributed by atoms with Crippen LogP contribution in [-0.2, 0) is 11.3 Å². The number of likely N-dealkylation sites (tertiary alicyclic amines) is 1. The van der Waals surface area contributed by atoms with Crippen molar-refractivity contribution in [1.29, 1.82) is 0 Å². The zero-order valence-electron chi connectivity index (χ0n) is 11.4. The number of nitrogens with zero attached hydrogens (tertiary/aromatic N) is 2. The lowest BCUT2D eigenvalue weighted by Gasteiger charge is -2.29. The number of rotatable bonds is 4. The molecular formula is C14H17ClN2O2S2. The van der Waals surface area contributed by atoms with Crippen LogP contribution in [0.2, 0.25) is 0 Å². The Kier molecular flexibility index (Phi) is 5.75. The highest BCUT2D eigenvalue weighted by Gasteiger charge is 2.24. The summed E-state index contributed by atoms with van der Waals surface area (Å²) in [7, 11) is 0. The largest absolute Gasteiger partial charge is 0.481 e. The van der Waals surface area contributed by atoms with Crippen LogP contribution in [0, 0.1) is 5.92 Å². The lowest BCUT2D eigenvalue weighted by atomic mass is 9.97. The number of carboxylic acid groups (broad SMARTS) is 1. The van der Waals surface area contributed by atoms with E-state index in [-0.39, 0.29) is 18.3 Å². The number of thiazole rings is 1. The van der Waals surface area contributed by atoms with E-state index in [4.69, 9.17) is 5.11 Å². The van der Waals surface area contributed by atoms with E-state index in [1.807, 2.05) is 0 Å². The van der Waals surface area contributed by atoms with Crippen LogP contribution in [0.4, 0.5) is 0 Å². The Balaban J connectivity index is 0.00000161. The highest BCUT2D eigenvalue weighted by molar-refractivity contribution is 7.14. The monoisotopic (exact) mass is 344 g/mol. The predicted octanol–water partition coefficient (Wildman–Crippen LogP) is 3.59. The number of carboxylic acids is 1. The summed E-state index contributed by atoms with van der Waals surface area (Å²) >= 11 is 3.36. The van der Waals surface area contributed by atoms with Gasteiger partial charge in [-0.05, 0) is 37.4 Å². The number of piperidine rings is 1. The summed E-state index contributed by atoms with van der Waals surface area (Å²) in [6, 6.07) is 2.09. The molecule has 2 aromatic heterocycles. The molecule has 1 aliphatic heterocycles. The summed E-state index contributed by atoms with van der Waals surface area (Å²) < 4.78 is 0. The number of thiophene rings is 1. The van der Waals surface area contributed by atoms with Crippen LogP contribution in [-0.4, -0.2) is 34.0 Å². The summed E-state index contributed by atoms with van der Waals surface area (Å²) in [5, 5.41) is 16.3. The zero-order valence-corrected chi connectivity index (χ0v) is 13.8. The summed E-state index contributed by atoms with van der Waals surface area (Å²) in [4.78, 5) is 17.9. The van der Waals surface area contributed by atoms with Crippen LogP contribution in [0.25, 0.3) is 10.6 Å². The fourth-order valence-corrected chi connectivity index (χ4v) is 3.99. The van der Waals surface area contributed by atoms with E-state index in [1.54, 1.807) is 22.7 Å². The second kappa shape index (κ2) is 7.35. The first-order chi connectivity index (χ1) is 9.72. The van der Waals surface area contributed by atoms with Gasteiger partial charge in [0.25, 0.3) is 0 Å². The minimum atomic E-state index is -0.655. The Morgan fingerprint density at radius 1 is 1.38 bits per heavy atom. The lowest BCUT2D eigenvalue weighted by molar-refractivity contribution is -0.143. The minimum absolute atomic E-state index is 0. The fraction of sp³-hybridized carbons (Fsp3) is 0.429. The van der Waals surface area contributed by atoms with Crippen molar-refractivity contribution >= 4 is 41.0 Å². The number of halogens is 1. The summed E-state index contributed by atoms with van der Waals surface area (Å²) in [5.74, 6) is -0.818. The normalized spacial score (nSPS) is 16.6. The van der Waals surface area contributed by atoms with Gasteiger partial charge in [0.2, 0.25) is 0 Å². The second-order valence-corrected chi connectivity index (χ2v) is 6.68. The molecule has 0 bridgehead atoms. The smallest absolute Gasteiger partial charge is 0.306 e. The Morgan fingerprint density at radius 2 is 2.14 bits per heavy atom. The molecule has 2 aromatic rings. The van der Waals surface area contributed by atoms with Crippen molar-refractivity contribution in [3.8, 4) is 10.6 Å². The van der Waals surface area contributed by atoms with Crippen LogP contribution in [0.1, 0.15) is 18.5 Å². The molecule has 0 amide bonds. The molecule has 4 nitrogen and oxygen atoms in total. The summed E-state index contributed by atoms with van der Waals surface area (Å²) in [6.45, 7) is 2.53. The minimum Gasteiger partial charge on any atom is -0.481 e. The number of aromatic nitrogens is 1. The second-order valence-electron chi connectivity index (χ2n) is 5.04. The van der Waals surface area contributed by atoms with Gasteiger partial charge < -0.3 is 5.11 Å². The van der Waals surface area contributed by atoms with E-state index in [0.29, 0.717) is 0 Å². The van der Waals surface area contributed by atoms with Crippen LogP contribution < -0.4 is 0 Å². The fourth-order valence-electron chi connectivity index (χ4n) is 2.47. The van der Waals surface area contributed by atoms with Crippen molar-refractivity contribution in [1.82, 2.24) is 9.88 Å². The van der Waals surface area contributed by atoms with Gasteiger partial charge in [-0.15, -0.1) is 23.7 Å². The highest BCUT2D eigenvalue weighted by Crippen LogP contribution is 2.27. The van der Waals surface area contributed by atoms with E-state index in [2.05, 4.69) is 32.1 Å². The van der Waals surface area contributed by atoms with Gasteiger partial charge in [-0.3, -0.25) is 9.69 Å². The first kappa shape index (κ1) is 16.4. The molecule has 0 atom stereocenters. The van der Waals surface area contributed by atoms with Gasteiger partial charge in [-0.1, -0.05) is 0 Å². The Bertz CT molecular complexity index is 578. The topological polar surface area (TPSA) is 53.4 Å². The molecule has 7 heteroatoms. The van der Waals surface area contributed by atoms with Gasteiger partial charge in [0.1, 0.15) is 5.01 Å². The summed E-state index contributed by atoms with van der Waals surface area (Å²) in [6.07, 6.45) is 1.49. The van der Waals surface area contributed by atoms with Gasteiger partial charge in [-0.2, -0.15) is 11.3 Å². The van der Waals surface area contributed by atoms with Gasteiger partial charge in [0, 0.05) is 22.9 Å². The first-order valence-corrected chi connectivity index (χ1v) is 8.47. The molecule has 114 valence electrons. The third-order valence-corrected chi connectivity index (χ3v) is 5.27. The third kappa shape index (κ3) is 4.03. The molecule has 1 fully saturated rings. The van der Waals surface area contributed by atoms with E-state index in [1.165, 1.54) is 5.56 Å². The number of hydrogen-bond acceptors (Lipinski definition) is 5. The van der Waals surface area contributed by atoms with Crippen LogP contribution >= 0.6 is 35.1 Å². The standard InChI is InChI=1S/C14H16N2O2S2.ClH/c17-14(18)10-1-4-16(5-2-10)7-12-9-20-13(15-12)11-3-6-19-8-11;/h3,6,8-10H,1-2,4-5,7H2,(H,17,18);1H. The molecule has 0 spiro atoms. The maximum Gasteiger partial charge on any atom is 0.306 e. The lowest BCUT2D eigenvalue weighted by Crippen LogP contribution is -2.35. The van der Waals surface area contributed by atoms with E-state index in [0.717, 1.165) is 43.2 Å². The van der Waals surface area contributed by atoms with Crippen molar-refractivity contribution in [3.63, 3.8) is 0 Å². The number of carbonyl (C=O) groups is 1. The molecule has 0 radical (unpaired) electrons.